The van der Waals surface area contributed by atoms with Crippen molar-refractivity contribution in [3.8, 4) is 0 Å². The quantitative estimate of drug-likeness (QED) is 0.730. The smallest absolute Gasteiger partial charge is 0.0250 e. The van der Waals surface area contributed by atoms with E-state index in [1.54, 1.807) is 0 Å². The Labute approximate surface area is 120 Å². The van der Waals surface area contributed by atoms with Crippen LogP contribution in [0.4, 0.5) is 0 Å². The van der Waals surface area contributed by atoms with Crippen LogP contribution in [0, 0.1) is 0 Å². The molecule has 1 heterocycles. The van der Waals surface area contributed by atoms with E-state index in [0.29, 0.717) is 18.1 Å². The van der Waals surface area contributed by atoms with Gasteiger partial charge in [0, 0.05) is 37.8 Å². The maximum Gasteiger partial charge on any atom is 0.0250 e. The zero-order valence-corrected chi connectivity index (χ0v) is 13.8. The first-order chi connectivity index (χ1) is 9.13. The molecule has 0 aromatic heterocycles. The molecular weight excluding hydrogens is 234 g/mol. The third kappa shape index (κ3) is 5.05. The van der Waals surface area contributed by atoms with Gasteiger partial charge in [-0.1, -0.05) is 27.2 Å². The molecule has 1 rings (SSSR count). The van der Waals surface area contributed by atoms with Crippen LogP contribution in [-0.2, 0) is 0 Å². The van der Waals surface area contributed by atoms with Crippen LogP contribution < -0.4 is 5.32 Å². The molecule has 1 fully saturated rings. The summed E-state index contributed by atoms with van der Waals surface area (Å²) >= 11 is 0. The molecule has 3 nitrogen and oxygen atoms in total. The predicted octanol–water partition coefficient (Wildman–Crippen LogP) is 2.57. The predicted molar refractivity (Wildman–Crippen MR) is 84.7 cm³/mol. The Bertz CT molecular complexity index is 232. The van der Waals surface area contributed by atoms with Gasteiger partial charge in [-0.2, -0.15) is 0 Å². The lowest BCUT2D eigenvalue weighted by molar-refractivity contribution is 0.0413. The average molecular weight is 269 g/mol. The molecule has 19 heavy (non-hydrogen) atoms. The second kappa shape index (κ2) is 8.93. The Morgan fingerprint density at radius 1 is 1.16 bits per heavy atom. The van der Waals surface area contributed by atoms with E-state index >= 15 is 0 Å². The van der Waals surface area contributed by atoms with Gasteiger partial charge in [-0.15, -0.1) is 0 Å². The highest BCUT2D eigenvalue weighted by atomic mass is 15.3. The Morgan fingerprint density at radius 2 is 1.89 bits per heavy atom. The number of nitrogens with zero attached hydrogens (tertiary/aromatic N) is 2. The Hall–Kier alpha value is -0.120. The van der Waals surface area contributed by atoms with Crippen molar-refractivity contribution >= 4 is 0 Å². The number of rotatable bonds is 8. The van der Waals surface area contributed by atoms with Crippen LogP contribution in [0.25, 0.3) is 0 Å². The Kier molecular flexibility index (Phi) is 7.96. The second-order valence-corrected chi connectivity index (χ2v) is 6.17. The van der Waals surface area contributed by atoms with Crippen LogP contribution in [-0.4, -0.2) is 61.2 Å². The van der Waals surface area contributed by atoms with Crippen LogP contribution in [0.15, 0.2) is 0 Å². The van der Waals surface area contributed by atoms with E-state index in [-0.39, 0.29) is 0 Å². The fraction of sp³-hybridized carbons (Fsp3) is 1.00. The standard InChI is InChI=1S/C16H35N3/c1-6-9-15(17-10-7-2)16(8-3)19-12-11-18(5)13-14(19)4/h14-17H,6-13H2,1-5H3. The SMILES string of the molecule is CCCNC(CCC)C(CC)N1CCN(C)CC1C. The summed E-state index contributed by atoms with van der Waals surface area (Å²) in [6.45, 7) is 14.1. The molecular formula is C16H35N3. The van der Waals surface area contributed by atoms with Gasteiger partial charge in [0.05, 0.1) is 0 Å². The van der Waals surface area contributed by atoms with Crippen LogP contribution in [0.1, 0.15) is 53.4 Å². The molecule has 0 bridgehead atoms. The van der Waals surface area contributed by atoms with Gasteiger partial charge in [-0.05, 0) is 39.8 Å². The molecule has 3 heteroatoms. The number of hydrogen-bond donors (Lipinski definition) is 1. The molecule has 1 aliphatic heterocycles. The molecule has 1 saturated heterocycles. The highest BCUT2D eigenvalue weighted by Crippen LogP contribution is 2.19. The van der Waals surface area contributed by atoms with Crippen molar-refractivity contribution in [2.45, 2.75) is 71.5 Å². The Morgan fingerprint density at radius 3 is 2.42 bits per heavy atom. The van der Waals surface area contributed by atoms with E-state index in [1.807, 2.05) is 0 Å². The zero-order chi connectivity index (χ0) is 14.3. The molecule has 1 aliphatic rings. The lowest BCUT2D eigenvalue weighted by atomic mass is 9.96. The summed E-state index contributed by atoms with van der Waals surface area (Å²) in [6.07, 6.45) is 5.07. The van der Waals surface area contributed by atoms with Gasteiger partial charge in [-0.3, -0.25) is 4.90 Å². The van der Waals surface area contributed by atoms with Crippen molar-refractivity contribution < 1.29 is 0 Å². The monoisotopic (exact) mass is 269 g/mol. The molecule has 0 radical (unpaired) electrons. The summed E-state index contributed by atoms with van der Waals surface area (Å²) in [5, 5.41) is 3.80. The van der Waals surface area contributed by atoms with Crippen molar-refractivity contribution in [1.29, 1.82) is 0 Å². The summed E-state index contributed by atoms with van der Waals surface area (Å²) < 4.78 is 0. The molecule has 0 aromatic rings. The van der Waals surface area contributed by atoms with Gasteiger partial charge < -0.3 is 10.2 Å². The van der Waals surface area contributed by atoms with Gasteiger partial charge in [0.15, 0.2) is 0 Å². The fourth-order valence-corrected chi connectivity index (χ4v) is 3.47. The summed E-state index contributed by atoms with van der Waals surface area (Å²) in [7, 11) is 2.24. The molecule has 114 valence electrons. The van der Waals surface area contributed by atoms with Crippen LogP contribution in [0.5, 0.6) is 0 Å². The van der Waals surface area contributed by atoms with Gasteiger partial charge >= 0.3 is 0 Å². The number of hydrogen-bond acceptors (Lipinski definition) is 3. The van der Waals surface area contributed by atoms with E-state index in [0.717, 1.165) is 6.54 Å². The summed E-state index contributed by atoms with van der Waals surface area (Å²) in [5.74, 6) is 0. The van der Waals surface area contributed by atoms with Gasteiger partial charge in [-0.25, -0.2) is 0 Å². The highest BCUT2D eigenvalue weighted by molar-refractivity contribution is 4.89. The topological polar surface area (TPSA) is 18.5 Å². The maximum atomic E-state index is 3.80. The number of nitrogens with one attached hydrogen (secondary N) is 1. The van der Waals surface area contributed by atoms with Crippen LogP contribution in [0.3, 0.4) is 0 Å². The first kappa shape index (κ1) is 16.9. The van der Waals surface area contributed by atoms with E-state index < -0.39 is 0 Å². The van der Waals surface area contributed by atoms with Crippen molar-refractivity contribution in [2.24, 2.45) is 0 Å². The van der Waals surface area contributed by atoms with Crippen molar-refractivity contribution in [2.75, 3.05) is 33.2 Å². The summed E-state index contributed by atoms with van der Waals surface area (Å²) in [6, 6.07) is 2.06. The zero-order valence-electron chi connectivity index (χ0n) is 13.8. The van der Waals surface area contributed by atoms with Gasteiger partial charge in [0.25, 0.3) is 0 Å². The van der Waals surface area contributed by atoms with E-state index in [2.05, 4.69) is 49.9 Å². The summed E-state index contributed by atoms with van der Waals surface area (Å²) in [4.78, 5) is 5.21. The van der Waals surface area contributed by atoms with Gasteiger partial charge in [0.1, 0.15) is 0 Å². The van der Waals surface area contributed by atoms with E-state index in [4.69, 9.17) is 0 Å². The lowest BCUT2D eigenvalue weighted by Crippen LogP contribution is -2.59. The molecule has 0 spiro atoms. The molecule has 1 N–H and O–H groups in total. The summed E-state index contributed by atoms with van der Waals surface area (Å²) in [5.41, 5.74) is 0. The molecule has 0 amide bonds. The third-order valence-corrected chi connectivity index (χ3v) is 4.45. The van der Waals surface area contributed by atoms with E-state index in [9.17, 15) is 0 Å². The minimum absolute atomic E-state index is 0.667. The molecule has 0 aliphatic carbocycles. The normalized spacial score (nSPS) is 25.4. The minimum Gasteiger partial charge on any atom is -0.312 e. The van der Waals surface area contributed by atoms with Crippen LogP contribution in [0.2, 0.25) is 0 Å². The maximum absolute atomic E-state index is 3.80. The first-order valence-corrected chi connectivity index (χ1v) is 8.31. The third-order valence-electron chi connectivity index (χ3n) is 4.45. The highest BCUT2D eigenvalue weighted by Gasteiger charge is 2.31. The van der Waals surface area contributed by atoms with Crippen molar-refractivity contribution in [1.82, 2.24) is 15.1 Å². The largest absolute Gasteiger partial charge is 0.312 e. The second-order valence-electron chi connectivity index (χ2n) is 6.17. The van der Waals surface area contributed by atoms with Crippen molar-refractivity contribution in [3.63, 3.8) is 0 Å². The Balaban J connectivity index is 2.66. The molecule has 0 aromatic carbocycles. The molecule has 3 unspecified atom stereocenters. The molecule has 3 atom stereocenters. The lowest BCUT2D eigenvalue weighted by Gasteiger charge is -2.45. The number of piperazine rings is 1. The fourth-order valence-electron chi connectivity index (χ4n) is 3.47. The molecule has 0 saturated carbocycles. The van der Waals surface area contributed by atoms with Crippen LogP contribution >= 0.6 is 0 Å². The van der Waals surface area contributed by atoms with Crippen molar-refractivity contribution in [3.05, 3.63) is 0 Å². The minimum atomic E-state index is 0.667. The number of likely N-dealkylation sites (N-methyl/N-ethyl adjacent to an activating group) is 1. The van der Waals surface area contributed by atoms with E-state index in [1.165, 1.54) is 45.3 Å². The first-order valence-electron chi connectivity index (χ1n) is 8.31. The van der Waals surface area contributed by atoms with Gasteiger partial charge in [0.2, 0.25) is 0 Å². The average Bonchev–Trinajstić information content (AvgIpc) is 2.39.